The van der Waals surface area contributed by atoms with Crippen LogP contribution in [0.15, 0.2) is 59.7 Å². The molecule has 332 valence electrons. The second-order valence-corrected chi connectivity index (χ2v) is 19.4. The lowest BCUT2D eigenvalue weighted by molar-refractivity contribution is -0.136. The zero-order chi connectivity index (χ0) is 44.3. The maximum absolute atomic E-state index is 13.6. The number of fused-ring (bicyclic) bond motifs is 2. The van der Waals surface area contributed by atoms with Crippen LogP contribution in [0.1, 0.15) is 130 Å². The fraction of sp³-hybridized carbons (Fsp3) is 0.458. The SMILES string of the molecule is CC(=O)c1c(C)c2cnc(Nc3ccc(C4CCN(c5ccc(CN6CCC(O)(c7cc8c(s7)CN(C7CCC(=O)NC7=O)C8=O)CC6)cc5)CC4)cn3)nc2n(C2CCCC2)c1=O. The van der Waals surface area contributed by atoms with Crippen molar-refractivity contribution in [1.82, 2.24) is 34.6 Å². The third-order valence-electron chi connectivity index (χ3n) is 14.3. The van der Waals surface area contributed by atoms with E-state index in [0.717, 1.165) is 81.0 Å². The van der Waals surface area contributed by atoms with E-state index in [-0.39, 0.29) is 41.2 Å². The monoisotopic (exact) mass is 883 g/mol. The van der Waals surface area contributed by atoms with Gasteiger partial charge in [0.1, 0.15) is 23.1 Å². The van der Waals surface area contributed by atoms with Crippen molar-refractivity contribution in [3.63, 3.8) is 0 Å². The van der Waals surface area contributed by atoms with Crippen LogP contribution in [-0.2, 0) is 28.3 Å². The lowest BCUT2D eigenvalue weighted by Crippen LogP contribution is -2.52. The van der Waals surface area contributed by atoms with Gasteiger partial charge in [-0.25, -0.2) is 9.97 Å². The van der Waals surface area contributed by atoms with E-state index >= 15 is 0 Å². The van der Waals surface area contributed by atoms with Crippen LogP contribution in [0.2, 0.25) is 0 Å². The van der Waals surface area contributed by atoms with Crippen molar-refractivity contribution >= 4 is 63.3 Å². The number of aromatic nitrogens is 4. The normalized spacial score (nSPS) is 20.9. The number of pyridine rings is 2. The molecule has 4 aliphatic heterocycles. The number of rotatable bonds is 10. The lowest BCUT2D eigenvalue weighted by Gasteiger charge is -2.38. The van der Waals surface area contributed by atoms with Crippen molar-refractivity contribution in [2.45, 2.75) is 115 Å². The number of carbonyl (C=O) groups is 4. The Morgan fingerprint density at radius 3 is 2.36 bits per heavy atom. The molecule has 0 bridgehead atoms. The van der Waals surface area contributed by atoms with Crippen LogP contribution < -0.4 is 21.1 Å². The number of carbonyl (C=O) groups excluding carboxylic acids is 4. The molecule has 1 saturated carbocycles. The maximum atomic E-state index is 13.6. The third-order valence-corrected chi connectivity index (χ3v) is 15.6. The molecular formula is C48H53N9O6S. The molecule has 4 aromatic heterocycles. The number of nitrogens with zero attached hydrogens (tertiary/aromatic N) is 7. The average molecular weight is 884 g/mol. The van der Waals surface area contributed by atoms with Gasteiger partial charge in [0.25, 0.3) is 11.5 Å². The number of amides is 3. The number of ketones is 1. The Kier molecular flexibility index (Phi) is 11.2. The first-order chi connectivity index (χ1) is 30.9. The second kappa shape index (κ2) is 16.9. The molecule has 4 fully saturated rings. The number of aliphatic hydroxyl groups is 1. The third kappa shape index (κ3) is 7.89. The molecule has 3 amide bonds. The van der Waals surface area contributed by atoms with E-state index in [1.54, 1.807) is 22.6 Å². The number of imide groups is 1. The number of benzene rings is 1. The zero-order valence-corrected chi connectivity index (χ0v) is 37.1. The van der Waals surface area contributed by atoms with Crippen molar-refractivity contribution in [3.8, 4) is 0 Å². The van der Waals surface area contributed by atoms with E-state index in [0.29, 0.717) is 65.7 Å². The number of hydrogen-bond acceptors (Lipinski definition) is 13. The Morgan fingerprint density at radius 2 is 1.69 bits per heavy atom. The number of hydrogen-bond donors (Lipinski definition) is 3. The molecule has 3 N–H and O–H groups in total. The summed E-state index contributed by atoms with van der Waals surface area (Å²) in [5.74, 6) is 0.216. The summed E-state index contributed by atoms with van der Waals surface area (Å²) in [6.07, 6.45) is 11.2. The van der Waals surface area contributed by atoms with Crippen molar-refractivity contribution in [2.75, 3.05) is 36.4 Å². The van der Waals surface area contributed by atoms with Gasteiger partial charge in [0, 0.05) is 78.4 Å². The highest BCUT2D eigenvalue weighted by molar-refractivity contribution is 7.12. The van der Waals surface area contributed by atoms with Crippen LogP contribution in [0.5, 0.6) is 0 Å². The first-order valence-corrected chi connectivity index (χ1v) is 23.5. The number of thiophene rings is 1. The second-order valence-electron chi connectivity index (χ2n) is 18.3. The van der Waals surface area contributed by atoms with Crippen LogP contribution in [-0.4, -0.2) is 90.2 Å². The van der Waals surface area contributed by atoms with Crippen molar-refractivity contribution < 1.29 is 24.3 Å². The minimum Gasteiger partial charge on any atom is -0.384 e. The zero-order valence-electron chi connectivity index (χ0n) is 36.3. The summed E-state index contributed by atoms with van der Waals surface area (Å²) in [4.78, 5) is 85.6. The van der Waals surface area contributed by atoms with Gasteiger partial charge in [0.15, 0.2) is 5.78 Å². The fourth-order valence-corrected chi connectivity index (χ4v) is 11.9. The van der Waals surface area contributed by atoms with Crippen LogP contribution in [0.3, 0.4) is 0 Å². The maximum Gasteiger partial charge on any atom is 0.263 e. The largest absolute Gasteiger partial charge is 0.384 e. The highest BCUT2D eigenvalue weighted by atomic mass is 32.1. The number of aryl methyl sites for hydroxylation is 1. The summed E-state index contributed by atoms with van der Waals surface area (Å²) in [5.41, 5.74) is 4.34. The molecule has 5 aliphatic rings. The van der Waals surface area contributed by atoms with Gasteiger partial charge in [-0.3, -0.25) is 38.8 Å². The van der Waals surface area contributed by atoms with Crippen molar-refractivity contribution in [1.29, 1.82) is 0 Å². The number of nitrogens with one attached hydrogen (secondary N) is 2. The van der Waals surface area contributed by atoms with Crippen molar-refractivity contribution in [3.05, 3.63) is 103 Å². The minimum atomic E-state index is -0.991. The van der Waals surface area contributed by atoms with E-state index in [1.807, 2.05) is 18.3 Å². The van der Waals surface area contributed by atoms with E-state index in [9.17, 15) is 29.1 Å². The molecule has 5 aromatic rings. The van der Waals surface area contributed by atoms with Gasteiger partial charge < -0.3 is 20.2 Å². The number of Topliss-reactive ketones (excluding diaryl/α,β-unsaturated/α-hetero) is 1. The molecular weight excluding hydrogens is 831 g/mol. The summed E-state index contributed by atoms with van der Waals surface area (Å²) in [6.45, 7) is 7.73. The Morgan fingerprint density at radius 1 is 0.938 bits per heavy atom. The molecule has 10 rings (SSSR count). The molecule has 3 saturated heterocycles. The Balaban J connectivity index is 0.709. The predicted octanol–water partition coefficient (Wildman–Crippen LogP) is 6.25. The lowest BCUT2D eigenvalue weighted by atomic mass is 9.89. The standard InChI is InChI=1S/C48H53N9O6S/c1-28-36-25-50-47(53-43(36)57(34-5-3-4-6-34)46(62)42(28)29(2)58)51-40-13-9-32(24-49-40)31-15-19-55(20-16-31)33-10-7-30(8-11-33)26-54-21-17-48(63,18-22-54)39-23-35-38(64-39)27-56(45(35)61)37-12-14-41(59)52-44(37)60/h7-11,13,23-25,31,34,37,63H,3-6,12,14-22,26-27H2,1-2H3,(H,52,59,60)(H,49,50,51,53). The molecule has 0 radical (unpaired) electrons. The molecule has 0 spiro atoms. The molecule has 8 heterocycles. The average Bonchev–Trinajstić information content (AvgIpc) is 4.05. The van der Waals surface area contributed by atoms with Crippen LogP contribution in [0.4, 0.5) is 17.5 Å². The van der Waals surface area contributed by atoms with Gasteiger partial charge in [-0.2, -0.15) is 4.98 Å². The topological polar surface area (TPSA) is 183 Å². The van der Waals surface area contributed by atoms with Gasteiger partial charge in [0.05, 0.1) is 17.7 Å². The molecule has 1 aliphatic carbocycles. The molecule has 15 nitrogen and oxygen atoms in total. The number of likely N-dealkylation sites (tertiary alicyclic amines) is 1. The number of anilines is 3. The summed E-state index contributed by atoms with van der Waals surface area (Å²) in [5, 5.41) is 18.0. The Labute approximate surface area is 374 Å². The summed E-state index contributed by atoms with van der Waals surface area (Å²) < 4.78 is 1.72. The molecule has 1 aromatic carbocycles. The van der Waals surface area contributed by atoms with E-state index < -0.39 is 17.6 Å². The molecule has 16 heteroatoms. The van der Waals surface area contributed by atoms with E-state index in [2.05, 4.69) is 55.7 Å². The minimum absolute atomic E-state index is 0.0122. The van der Waals surface area contributed by atoms with Gasteiger partial charge >= 0.3 is 0 Å². The quantitative estimate of drug-likeness (QED) is 0.106. The van der Waals surface area contributed by atoms with Crippen LogP contribution in [0, 0.1) is 6.92 Å². The van der Waals surface area contributed by atoms with Gasteiger partial charge in [-0.1, -0.05) is 31.0 Å². The van der Waals surface area contributed by atoms with Gasteiger partial charge in [0.2, 0.25) is 17.8 Å². The highest BCUT2D eigenvalue weighted by Crippen LogP contribution is 2.42. The Bertz CT molecular complexity index is 2710. The summed E-state index contributed by atoms with van der Waals surface area (Å²) >= 11 is 1.47. The predicted molar refractivity (Wildman–Crippen MR) is 243 cm³/mol. The van der Waals surface area contributed by atoms with Crippen LogP contribution in [0.25, 0.3) is 11.0 Å². The first-order valence-electron chi connectivity index (χ1n) is 22.6. The van der Waals surface area contributed by atoms with E-state index in [4.69, 9.17) is 9.97 Å². The summed E-state index contributed by atoms with van der Waals surface area (Å²) in [6, 6.07) is 14.1. The molecule has 1 atom stereocenters. The van der Waals surface area contributed by atoms with Crippen LogP contribution >= 0.6 is 11.3 Å². The van der Waals surface area contributed by atoms with Gasteiger partial charge in [-0.15, -0.1) is 11.3 Å². The number of piperidine rings is 3. The highest BCUT2D eigenvalue weighted by Gasteiger charge is 2.43. The van der Waals surface area contributed by atoms with E-state index in [1.165, 1.54) is 35.1 Å². The smallest absolute Gasteiger partial charge is 0.263 e. The van der Waals surface area contributed by atoms with Gasteiger partial charge in [-0.05, 0) is 106 Å². The Hall–Kier alpha value is -5.84. The molecule has 64 heavy (non-hydrogen) atoms. The fourth-order valence-electron chi connectivity index (χ4n) is 10.6. The molecule has 1 unspecified atom stereocenters. The first kappa shape index (κ1) is 42.1. The summed E-state index contributed by atoms with van der Waals surface area (Å²) in [7, 11) is 0. The van der Waals surface area contributed by atoms with Crippen molar-refractivity contribution in [2.24, 2.45) is 0 Å².